The second-order valence-corrected chi connectivity index (χ2v) is 11.9. The molecule has 0 saturated carbocycles. The highest BCUT2D eigenvalue weighted by Gasteiger charge is 2.42. The quantitative estimate of drug-likeness (QED) is 0.313. The highest BCUT2D eigenvalue weighted by molar-refractivity contribution is 5.81. The average Bonchev–Trinajstić information content (AvgIpc) is 3.72. The summed E-state index contributed by atoms with van der Waals surface area (Å²) in [7, 11) is 0. The molecule has 0 aliphatic carbocycles. The minimum absolute atomic E-state index is 0.176. The third kappa shape index (κ3) is 7.28. The molecule has 2 N–H and O–H groups in total. The number of carbonyl (C=O) groups is 2. The SMILES string of the molecule is CC(C)(C)OC(=O)N1CCC(=O)CC1.Oc1cccnc1-n1cccc1.c1cnc2c(c1)OC1(CCNCC1)c1cccn1-2. The van der Waals surface area contributed by atoms with Crippen molar-refractivity contribution in [1.82, 2.24) is 29.3 Å². The van der Waals surface area contributed by atoms with E-state index in [4.69, 9.17) is 9.47 Å². The monoisotopic (exact) mass is 600 g/mol. The van der Waals surface area contributed by atoms with Crippen LogP contribution in [-0.2, 0) is 15.1 Å². The van der Waals surface area contributed by atoms with Gasteiger partial charge in [-0.2, -0.15) is 0 Å². The van der Waals surface area contributed by atoms with E-state index in [0.29, 0.717) is 31.7 Å². The summed E-state index contributed by atoms with van der Waals surface area (Å²) in [6, 6.07) is 15.2. The molecule has 11 heteroatoms. The fourth-order valence-electron chi connectivity index (χ4n) is 5.36. The topological polar surface area (TPSA) is 124 Å². The zero-order chi connectivity index (χ0) is 31.2. The number of piperidine rings is 2. The molecule has 1 amide bonds. The van der Waals surface area contributed by atoms with Gasteiger partial charge < -0.3 is 29.4 Å². The van der Waals surface area contributed by atoms with E-state index in [9.17, 15) is 14.7 Å². The highest BCUT2D eigenvalue weighted by Crippen LogP contribution is 2.43. The zero-order valence-electron chi connectivity index (χ0n) is 25.5. The minimum atomic E-state index is -0.460. The summed E-state index contributed by atoms with van der Waals surface area (Å²) in [4.78, 5) is 32.5. The normalized spacial score (nSPS) is 16.7. The van der Waals surface area contributed by atoms with E-state index >= 15 is 0 Å². The first-order valence-corrected chi connectivity index (χ1v) is 15.0. The van der Waals surface area contributed by atoms with Crippen molar-refractivity contribution in [3.63, 3.8) is 0 Å². The van der Waals surface area contributed by atoms with E-state index in [0.717, 1.165) is 37.5 Å². The van der Waals surface area contributed by atoms with Crippen LogP contribution < -0.4 is 10.1 Å². The first-order valence-electron chi connectivity index (χ1n) is 15.0. The number of hydrogen-bond acceptors (Lipinski definition) is 8. The van der Waals surface area contributed by atoms with E-state index in [1.54, 1.807) is 27.8 Å². The van der Waals surface area contributed by atoms with Gasteiger partial charge in [0.25, 0.3) is 0 Å². The predicted molar refractivity (Wildman–Crippen MR) is 165 cm³/mol. The fraction of sp³-hybridized carbons (Fsp3) is 0.394. The molecule has 2 fully saturated rings. The Morgan fingerprint density at radius 2 is 1.59 bits per heavy atom. The summed E-state index contributed by atoms with van der Waals surface area (Å²) in [6.45, 7) is 8.49. The van der Waals surface area contributed by atoms with Crippen molar-refractivity contribution in [3.8, 4) is 23.1 Å². The Labute approximate surface area is 257 Å². The second-order valence-electron chi connectivity index (χ2n) is 11.9. The molecule has 0 unspecified atom stereocenters. The highest BCUT2D eigenvalue weighted by atomic mass is 16.6. The number of ether oxygens (including phenoxy) is 2. The van der Waals surface area contributed by atoms with E-state index in [1.165, 1.54) is 5.69 Å². The van der Waals surface area contributed by atoms with Crippen LogP contribution in [0.3, 0.4) is 0 Å². The number of nitrogens with zero attached hydrogens (tertiary/aromatic N) is 5. The van der Waals surface area contributed by atoms with Gasteiger partial charge in [0.1, 0.15) is 11.4 Å². The van der Waals surface area contributed by atoms with Gasteiger partial charge in [0.2, 0.25) is 0 Å². The van der Waals surface area contributed by atoms with Gasteiger partial charge in [-0.15, -0.1) is 0 Å². The molecule has 4 aromatic heterocycles. The number of rotatable bonds is 1. The number of Topliss-reactive ketones (excluding diaryl/α,β-unsaturated/α-hetero) is 1. The molecule has 0 aromatic carbocycles. The van der Waals surface area contributed by atoms with Gasteiger partial charge >= 0.3 is 6.09 Å². The molecule has 232 valence electrons. The smallest absolute Gasteiger partial charge is 0.410 e. The van der Waals surface area contributed by atoms with E-state index in [2.05, 4.69) is 38.2 Å². The van der Waals surface area contributed by atoms with Crippen molar-refractivity contribution in [2.45, 2.75) is 57.7 Å². The molecule has 0 atom stereocenters. The molecule has 0 radical (unpaired) electrons. The second kappa shape index (κ2) is 13.3. The lowest BCUT2D eigenvalue weighted by molar-refractivity contribution is -0.121. The Bertz CT molecular complexity index is 1540. The number of aromatic hydroxyl groups is 1. The molecule has 3 aliphatic rings. The van der Waals surface area contributed by atoms with E-state index in [1.807, 2.05) is 63.6 Å². The number of aromatic nitrogens is 4. The molecule has 44 heavy (non-hydrogen) atoms. The molecule has 7 heterocycles. The number of likely N-dealkylation sites (tertiary alicyclic amines) is 1. The number of pyridine rings is 2. The van der Waals surface area contributed by atoms with Crippen molar-refractivity contribution in [3.05, 3.63) is 85.2 Å². The van der Waals surface area contributed by atoms with E-state index in [-0.39, 0.29) is 23.2 Å². The molecule has 0 bridgehead atoms. The van der Waals surface area contributed by atoms with Gasteiger partial charge in [-0.05, 0) is 82.4 Å². The maximum Gasteiger partial charge on any atom is 0.410 e. The van der Waals surface area contributed by atoms with Crippen molar-refractivity contribution < 1.29 is 24.2 Å². The van der Waals surface area contributed by atoms with Crippen LogP contribution in [0, 0.1) is 0 Å². The third-order valence-corrected chi connectivity index (χ3v) is 7.50. The van der Waals surface area contributed by atoms with Crippen LogP contribution in [0.15, 0.2) is 79.5 Å². The van der Waals surface area contributed by atoms with Crippen LogP contribution in [0.1, 0.15) is 52.1 Å². The molecular weight excluding hydrogens is 560 g/mol. The first-order chi connectivity index (χ1) is 21.2. The summed E-state index contributed by atoms with van der Waals surface area (Å²) >= 11 is 0. The average molecular weight is 601 g/mol. The van der Waals surface area contributed by atoms with Crippen LogP contribution in [0.25, 0.3) is 11.6 Å². The lowest BCUT2D eigenvalue weighted by Crippen LogP contribution is -2.46. The lowest BCUT2D eigenvalue weighted by Gasteiger charge is -2.41. The van der Waals surface area contributed by atoms with Crippen LogP contribution >= 0.6 is 0 Å². The van der Waals surface area contributed by atoms with Crippen molar-refractivity contribution in [2.75, 3.05) is 26.2 Å². The molecule has 4 aromatic rings. The standard InChI is InChI=1S/C14H15N3O.C10H17NO3.C9H8N2O/c1-3-11-13(16-7-1)17-10-2-4-12(17)14(18-11)5-8-15-9-6-14;1-10(2,3)14-9(13)11-6-4-8(12)5-7-11;12-8-4-3-5-10-9(8)11-6-1-2-7-11/h1-4,7,10,15H,5-6,8-9H2;4-7H2,1-3H3;1-7,12H. The molecule has 3 aliphatic heterocycles. The molecule has 7 rings (SSSR count). The summed E-state index contributed by atoms with van der Waals surface area (Å²) < 4.78 is 15.4. The van der Waals surface area contributed by atoms with Gasteiger partial charge in [0.05, 0.1) is 5.69 Å². The summed E-state index contributed by atoms with van der Waals surface area (Å²) in [5.41, 5.74) is 0.596. The van der Waals surface area contributed by atoms with Crippen molar-refractivity contribution in [1.29, 1.82) is 0 Å². The lowest BCUT2D eigenvalue weighted by atomic mass is 9.87. The van der Waals surface area contributed by atoms with E-state index < -0.39 is 5.60 Å². The van der Waals surface area contributed by atoms with Crippen molar-refractivity contribution in [2.24, 2.45) is 0 Å². The van der Waals surface area contributed by atoms with Crippen LogP contribution in [0.4, 0.5) is 4.79 Å². The number of hydrogen-bond donors (Lipinski definition) is 2. The number of fused-ring (bicyclic) bond motifs is 4. The van der Waals surface area contributed by atoms with Crippen LogP contribution in [-0.4, -0.2) is 72.8 Å². The summed E-state index contributed by atoms with van der Waals surface area (Å²) in [6.07, 6.45) is 11.8. The van der Waals surface area contributed by atoms with Gasteiger partial charge in [-0.25, -0.2) is 14.8 Å². The number of nitrogens with one attached hydrogen (secondary N) is 1. The molecule has 2 saturated heterocycles. The minimum Gasteiger partial charge on any atom is -0.504 e. The third-order valence-electron chi connectivity index (χ3n) is 7.50. The first kappa shape index (κ1) is 30.8. The maximum atomic E-state index is 11.5. The summed E-state index contributed by atoms with van der Waals surface area (Å²) in [5.74, 6) is 2.77. The Morgan fingerprint density at radius 3 is 2.25 bits per heavy atom. The predicted octanol–water partition coefficient (Wildman–Crippen LogP) is 5.01. The Hall–Kier alpha value is -4.64. The molecular formula is C33H40N6O5. The maximum absolute atomic E-state index is 11.5. The van der Waals surface area contributed by atoms with Crippen LogP contribution in [0.5, 0.6) is 11.5 Å². The number of amides is 1. The molecule has 11 nitrogen and oxygen atoms in total. The van der Waals surface area contributed by atoms with Gasteiger partial charge in [-0.3, -0.25) is 9.36 Å². The largest absolute Gasteiger partial charge is 0.504 e. The number of carbonyl (C=O) groups excluding carboxylic acids is 2. The summed E-state index contributed by atoms with van der Waals surface area (Å²) in [5, 5.41) is 12.8. The molecule has 1 spiro atoms. The number of ketones is 1. The van der Waals surface area contributed by atoms with Crippen molar-refractivity contribution >= 4 is 11.9 Å². The Balaban J connectivity index is 0.000000134. The Kier molecular flexibility index (Phi) is 9.34. The Morgan fingerprint density at radius 1 is 0.932 bits per heavy atom. The fourth-order valence-corrected chi connectivity index (χ4v) is 5.36. The zero-order valence-corrected chi connectivity index (χ0v) is 25.5. The van der Waals surface area contributed by atoms with Gasteiger partial charge in [0.15, 0.2) is 28.7 Å². The van der Waals surface area contributed by atoms with Gasteiger partial charge in [-0.1, -0.05) is 0 Å². The van der Waals surface area contributed by atoms with Crippen LogP contribution in [0.2, 0.25) is 0 Å². The van der Waals surface area contributed by atoms with Gasteiger partial charge in [0, 0.05) is 69.8 Å².